The van der Waals surface area contributed by atoms with Gasteiger partial charge in [-0.2, -0.15) is 0 Å². The monoisotopic (exact) mass is 277 g/mol. The van der Waals surface area contributed by atoms with Crippen LogP contribution in [0.2, 0.25) is 0 Å². The van der Waals surface area contributed by atoms with Crippen LogP contribution in [0, 0.1) is 6.92 Å². The Morgan fingerprint density at radius 3 is 2.95 bits per heavy atom. The number of fused-ring (bicyclic) bond motifs is 1. The molecule has 0 bridgehead atoms. The Morgan fingerprint density at radius 2 is 2.21 bits per heavy atom. The molecule has 0 aliphatic carbocycles. The second-order valence-corrected chi connectivity index (χ2v) is 5.61. The van der Waals surface area contributed by atoms with E-state index < -0.39 is 6.10 Å². The summed E-state index contributed by atoms with van der Waals surface area (Å²) in [4.78, 5) is 4.35. The van der Waals surface area contributed by atoms with E-state index in [0.29, 0.717) is 18.8 Å². The average molecular weight is 277 g/mol. The maximum atomic E-state index is 10.2. The fourth-order valence-corrected chi connectivity index (χ4v) is 2.70. The number of nitrogens with zero attached hydrogens (tertiary/aromatic N) is 1. The van der Waals surface area contributed by atoms with E-state index in [-0.39, 0.29) is 6.10 Å². The van der Waals surface area contributed by atoms with Crippen molar-refractivity contribution < 1.29 is 14.6 Å². The quantitative estimate of drug-likeness (QED) is 0.934. The smallest absolute Gasteiger partial charge is 0.161 e. The van der Waals surface area contributed by atoms with Gasteiger partial charge < -0.3 is 14.6 Å². The molecule has 2 aromatic rings. The number of aliphatic hydroxyl groups is 1. The molecule has 1 aliphatic rings. The lowest BCUT2D eigenvalue weighted by molar-refractivity contribution is -0.00976. The van der Waals surface area contributed by atoms with E-state index in [9.17, 15) is 5.11 Å². The molecule has 19 heavy (non-hydrogen) atoms. The van der Waals surface area contributed by atoms with Crippen LogP contribution in [-0.2, 0) is 6.42 Å². The Kier molecular flexibility index (Phi) is 3.40. The number of aryl methyl sites for hydroxylation is 1. The Morgan fingerprint density at radius 1 is 1.42 bits per heavy atom. The van der Waals surface area contributed by atoms with Gasteiger partial charge >= 0.3 is 0 Å². The first kappa shape index (κ1) is 12.4. The predicted octanol–water partition coefficient (Wildman–Crippen LogP) is 2.19. The summed E-state index contributed by atoms with van der Waals surface area (Å²) in [5.41, 5.74) is 0.900. The summed E-state index contributed by atoms with van der Waals surface area (Å²) in [5.74, 6) is 1.42. The highest BCUT2D eigenvalue weighted by Gasteiger charge is 2.28. The van der Waals surface area contributed by atoms with E-state index in [2.05, 4.69) is 4.98 Å². The molecular formula is C14H15NO3S. The third-order valence-electron chi connectivity index (χ3n) is 3.04. The van der Waals surface area contributed by atoms with Crippen molar-refractivity contribution in [3.8, 4) is 11.5 Å². The first-order valence-electron chi connectivity index (χ1n) is 6.20. The third-order valence-corrected chi connectivity index (χ3v) is 3.87. The zero-order valence-corrected chi connectivity index (χ0v) is 11.4. The van der Waals surface area contributed by atoms with Gasteiger partial charge in [0.1, 0.15) is 6.61 Å². The number of benzene rings is 1. The van der Waals surface area contributed by atoms with Crippen LogP contribution in [0.15, 0.2) is 29.6 Å². The summed E-state index contributed by atoms with van der Waals surface area (Å²) in [7, 11) is 0. The van der Waals surface area contributed by atoms with Crippen LogP contribution in [0.25, 0.3) is 0 Å². The third kappa shape index (κ3) is 2.72. The largest absolute Gasteiger partial charge is 0.486 e. The summed E-state index contributed by atoms with van der Waals surface area (Å²) in [5, 5.41) is 13.2. The van der Waals surface area contributed by atoms with Gasteiger partial charge in [0.05, 0.1) is 16.8 Å². The molecule has 1 aromatic heterocycles. The number of rotatable bonds is 3. The van der Waals surface area contributed by atoms with Crippen LogP contribution in [0.5, 0.6) is 11.5 Å². The summed E-state index contributed by atoms with van der Waals surface area (Å²) >= 11 is 1.59. The van der Waals surface area contributed by atoms with Crippen molar-refractivity contribution in [1.29, 1.82) is 0 Å². The molecule has 2 unspecified atom stereocenters. The Balaban J connectivity index is 1.67. The lowest BCUT2D eigenvalue weighted by Crippen LogP contribution is -2.40. The molecule has 3 rings (SSSR count). The molecule has 0 amide bonds. The van der Waals surface area contributed by atoms with Gasteiger partial charge in [0.25, 0.3) is 0 Å². The zero-order chi connectivity index (χ0) is 13.2. The van der Waals surface area contributed by atoms with Crippen LogP contribution < -0.4 is 9.47 Å². The number of aromatic nitrogens is 1. The van der Waals surface area contributed by atoms with Gasteiger partial charge in [0.2, 0.25) is 0 Å². The minimum atomic E-state index is -0.616. The van der Waals surface area contributed by atoms with Gasteiger partial charge in [-0.15, -0.1) is 11.3 Å². The van der Waals surface area contributed by atoms with E-state index in [4.69, 9.17) is 9.47 Å². The van der Waals surface area contributed by atoms with Gasteiger partial charge in [-0.05, 0) is 19.1 Å². The number of para-hydroxylation sites is 2. The van der Waals surface area contributed by atoms with Crippen molar-refractivity contribution >= 4 is 11.3 Å². The van der Waals surface area contributed by atoms with Crippen LogP contribution in [0.1, 0.15) is 10.7 Å². The van der Waals surface area contributed by atoms with Crippen LogP contribution in [0.4, 0.5) is 0 Å². The second kappa shape index (κ2) is 5.19. The molecule has 100 valence electrons. The van der Waals surface area contributed by atoms with Gasteiger partial charge in [-0.3, -0.25) is 0 Å². The summed E-state index contributed by atoms with van der Waals surface area (Å²) in [6.45, 7) is 2.32. The number of ether oxygens (including phenoxy) is 2. The van der Waals surface area contributed by atoms with Crippen LogP contribution >= 0.6 is 11.3 Å². The van der Waals surface area contributed by atoms with Crippen molar-refractivity contribution in [2.45, 2.75) is 25.6 Å². The van der Waals surface area contributed by atoms with Crippen LogP contribution in [-0.4, -0.2) is 28.9 Å². The average Bonchev–Trinajstić information content (AvgIpc) is 2.83. The first-order valence-corrected chi connectivity index (χ1v) is 7.08. The second-order valence-electron chi connectivity index (χ2n) is 4.54. The molecule has 0 saturated heterocycles. The Bertz CT molecular complexity index is 569. The molecule has 0 saturated carbocycles. The Labute approximate surface area is 115 Å². The molecule has 1 aliphatic heterocycles. The number of hydrogen-bond donors (Lipinski definition) is 1. The molecule has 0 fully saturated rings. The highest BCUT2D eigenvalue weighted by Crippen LogP contribution is 2.32. The molecule has 2 atom stereocenters. The maximum Gasteiger partial charge on any atom is 0.161 e. The molecule has 1 aromatic carbocycles. The molecule has 0 spiro atoms. The van der Waals surface area contributed by atoms with Crippen molar-refractivity contribution in [2.24, 2.45) is 0 Å². The fourth-order valence-electron chi connectivity index (χ4n) is 2.07. The van der Waals surface area contributed by atoms with E-state index in [1.165, 1.54) is 0 Å². The lowest BCUT2D eigenvalue weighted by Gasteiger charge is -2.29. The fraction of sp³-hybridized carbons (Fsp3) is 0.357. The number of hydrogen-bond acceptors (Lipinski definition) is 5. The van der Waals surface area contributed by atoms with Gasteiger partial charge in [0, 0.05) is 11.8 Å². The zero-order valence-electron chi connectivity index (χ0n) is 10.6. The molecular weight excluding hydrogens is 262 g/mol. The van der Waals surface area contributed by atoms with E-state index in [1.54, 1.807) is 11.3 Å². The molecule has 0 radical (unpaired) electrons. The standard InChI is InChI=1S/C14H15NO3S/c1-9-15-10(8-19-9)6-11(16)14-7-17-12-4-2-3-5-13(12)18-14/h2-5,8,11,14,16H,6-7H2,1H3. The highest BCUT2D eigenvalue weighted by atomic mass is 32.1. The minimum absolute atomic E-state index is 0.350. The van der Waals surface area contributed by atoms with Gasteiger partial charge in [-0.1, -0.05) is 12.1 Å². The maximum absolute atomic E-state index is 10.2. The lowest BCUT2D eigenvalue weighted by atomic mass is 10.1. The summed E-state index contributed by atoms with van der Waals surface area (Å²) in [6, 6.07) is 7.50. The summed E-state index contributed by atoms with van der Waals surface area (Å²) < 4.78 is 11.4. The predicted molar refractivity (Wildman–Crippen MR) is 72.9 cm³/mol. The highest BCUT2D eigenvalue weighted by molar-refractivity contribution is 7.09. The normalized spacial score (nSPS) is 19.2. The number of thiazole rings is 1. The van der Waals surface area contributed by atoms with Crippen molar-refractivity contribution in [3.63, 3.8) is 0 Å². The van der Waals surface area contributed by atoms with Crippen molar-refractivity contribution in [1.82, 2.24) is 4.98 Å². The van der Waals surface area contributed by atoms with E-state index in [1.807, 2.05) is 36.6 Å². The summed E-state index contributed by atoms with van der Waals surface area (Å²) in [6.07, 6.45) is -0.479. The topological polar surface area (TPSA) is 51.6 Å². The molecule has 1 N–H and O–H groups in total. The Hall–Kier alpha value is -1.59. The van der Waals surface area contributed by atoms with E-state index >= 15 is 0 Å². The SMILES string of the molecule is Cc1nc(CC(O)C2COc3ccccc3O2)cs1. The minimum Gasteiger partial charge on any atom is -0.486 e. The van der Waals surface area contributed by atoms with Crippen LogP contribution in [0.3, 0.4) is 0 Å². The molecule has 2 heterocycles. The number of aliphatic hydroxyl groups excluding tert-OH is 1. The van der Waals surface area contributed by atoms with Gasteiger partial charge in [-0.25, -0.2) is 4.98 Å². The molecule has 4 nitrogen and oxygen atoms in total. The van der Waals surface area contributed by atoms with Crippen molar-refractivity contribution in [2.75, 3.05) is 6.61 Å². The van der Waals surface area contributed by atoms with E-state index in [0.717, 1.165) is 16.5 Å². The first-order chi connectivity index (χ1) is 9.22. The molecule has 5 heteroatoms. The van der Waals surface area contributed by atoms with Crippen molar-refractivity contribution in [3.05, 3.63) is 40.3 Å². The van der Waals surface area contributed by atoms with Gasteiger partial charge in [0.15, 0.2) is 17.6 Å².